The van der Waals surface area contributed by atoms with E-state index in [1.165, 1.54) is 4.90 Å². The Bertz CT molecular complexity index is 2440. The molecule has 0 radical (unpaired) electrons. The number of pyridine rings is 1. The molecule has 16 heteroatoms. The highest BCUT2D eigenvalue weighted by Crippen LogP contribution is 2.46. The van der Waals surface area contributed by atoms with E-state index in [1.54, 1.807) is 40.0 Å². The van der Waals surface area contributed by atoms with Gasteiger partial charge in [-0.05, 0) is 83.6 Å². The lowest BCUT2D eigenvalue weighted by atomic mass is 10.0. The molecular formula is C42H49N5O10S. The van der Waals surface area contributed by atoms with Crippen LogP contribution in [0.15, 0.2) is 59.0 Å². The molecule has 4 aromatic rings. The van der Waals surface area contributed by atoms with E-state index in [-0.39, 0.29) is 19.4 Å². The van der Waals surface area contributed by atoms with Crippen LogP contribution in [0.2, 0.25) is 0 Å². The highest BCUT2D eigenvalue weighted by atomic mass is 32.2. The van der Waals surface area contributed by atoms with E-state index in [2.05, 4.69) is 15.4 Å². The number of hydrogen-bond acceptors (Lipinski definition) is 11. The van der Waals surface area contributed by atoms with Gasteiger partial charge < -0.3 is 34.2 Å². The van der Waals surface area contributed by atoms with Gasteiger partial charge in [-0.3, -0.25) is 19.1 Å². The average Bonchev–Trinajstić information content (AvgIpc) is 4.07. The number of hydrogen-bond donors (Lipinski definition) is 3. The molecular weight excluding hydrogens is 767 g/mol. The van der Waals surface area contributed by atoms with Crippen LogP contribution in [0, 0.1) is 5.92 Å². The Hall–Kier alpha value is -5.38. The highest BCUT2D eigenvalue weighted by Gasteiger charge is 2.62. The summed E-state index contributed by atoms with van der Waals surface area (Å²) in [4.78, 5) is 62.6. The van der Waals surface area contributed by atoms with E-state index in [1.807, 2.05) is 42.5 Å². The molecule has 2 aromatic carbocycles. The Morgan fingerprint density at radius 2 is 1.83 bits per heavy atom. The Kier molecular flexibility index (Phi) is 10.3. The molecule has 2 aliphatic carbocycles. The maximum atomic E-state index is 14.7. The second-order valence-electron chi connectivity index (χ2n) is 16.8. The van der Waals surface area contributed by atoms with Crippen LogP contribution in [0.5, 0.6) is 11.5 Å². The first-order chi connectivity index (χ1) is 27.7. The van der Waals surface area contributed by atoms with Gasteiger partial charge in [0.1, 0.15) is 46.2 Å². The van der Waals surface area contributed by atoms with Crippen molar-refractivity contribution in [3.8, 4) is 11.5 Å². The molecule has 308 valence electrons. The fourth-order valence-corrected chi connectivity index (χ4v) is 9.41. The van der Waals surface area contributed by atoms with Crippen LogP contribution < -0.4 is 24.8 Å². The molecule has 5 atom stereocenters. The van der Waals surface area contributed by atoms with Crippen LogP contribution >= 0.6 is 0 Å². The molecule has 2 aliphatic heterocycles. The maximum Gasteiger partial charge on any atom is 0.408 e. The summed E-state index contributed by atoms with van der Waals surface area (Å²) in [5, 5.41) is 6.42. The van der Waals surface area contributed by atoms with Gasteiger partial charge in [0.25, 0.3) is 5.91 Å². The topological polar surface area (TPSA) is 195 Å². The smallest absolute Gasteiger partial charge is 0.408 e. The normalized spacial score (nSPS) is 26.2. The number of benzene rings is 2. The Labute approximate surface area is 336 Å². The average molecular weight is 816 g/mol. The van der Waals surface area contributed by atoms with Crippen molar-refractivity contribution < 1.29 is 46.2 Å². The number of alkyl carbamates (subject to hydrolysis) is 1. The Morgan fingerprint density at radius 1 is 1.03 bits per heavy atom. The lowest BCUT2D eigenvalue weighted by molar-refractivity contribution is -0.141. The number of nitrogens with zero attached hydrogens (tertiary/aromatic N) is 2. The summed E-state index contributed by atoms with van der Waals surface area (Å²) in [5.41, 5.74) is -0.213. The van der Waals surface area contributed by atoms with Gasteiger partial charge in [0.2, 0.25) is 21.8 Å². The van der Waals surface area contributed by atoms with Gasteiger partial charge in [0.05, 0.1) is 24.4 Å². The van der Waals surface area contributed by atoms with E-state index >= 15 is 0 Å². The van der Waals surface area contributed by atoms with Gasteiger partial charge in [-0.25, -0.2) is 18.2 Å². The number of carbonyl (C=O) groups is 4. The van der Waals surface area contributed by atoms with E-state index in [0.717, 1.165) is 18.2 Å². The standard InChI is InChI=1S/C42H49N5O10S/c1-41(2,3)57-40(51)44-30-14-9-7-5-6-8-12-24-22-42(24,39(50)46-58(52,53)27-17-18-27)45-37(48)32-21-26(23-47(32)38(30)49)55-35-28-19-16-25(54-4)20-31(28)43-34-29-13-10-11-15-33(29)56-36(34)35/h8,10-13,15-16,19-20,24,26-27,30,32H,5-7,9,14,17-18,21-23H2,1-4H3,(H,44,51)(H,45,48)(H,46,50)/b12-8-/t24-,26+,30-,32-,42+/m0/s1. The third-order valence-electron chi connectivity index (χ3n) is 11.3. The Morgan fingerprint density at radius 3 is 2.59 bits per heavy atom. The number of ether oxygens (including phenoxy) is 3. The SMILES string of the molecule is COc1ccc2c(O[C@@H]3C[C@H]4C(=O)N[C@]5(C(=O)NS(=O)(=O)C6CC6)C[C@@H]5/C=C\CCCCC[C@H](NC(=O)OC(C)(C)C)C(=O)N4C3)c3oc4ccccc4c3nc2c1. The van der Waals surface area contributed by atoms with Gasteiger partial charge >= 0.3 is 6.09 Å². The van der Waals surface area contributed by atoms with Gasteiger partial charge in [0.15, 0.2) is 11.3 Å². The lowest BCUT2D eigenvalue weighted by Gasteiger charge is -2.30. The number of methoxy groups -OCH3 is 1. The van der Waals surface area contributed by atoms with E-state index in [0.29, 0.717) is 71.2 Å². The van der Waals surface area contributed by atoms with Crippen LogP contribution in [-0.4, -0.2) is 90.3 Å². The van der Waals surface area contributed by atoms with Crippen LogP contribution in [-0.2, 0) is 29.1 Å². The summed E-state index contributed by atoms with van der Waals surface area (Å²) in [5.74, 6) is -1.44. The quantitative estimate of drug-likeness (QED) is 0.203. The zero-order chi connectivity index (χ0) is 41.0. The van der Waals surface area contributed by atoms with Crippen molar-refractivity contribution in [3.05, 3.63) is 54.6 Å². The minimum Gasteiger partial charge on any atom is -0.497 e. The first-order valence-electron chi connectivity index (χ1n) is 20.0. The minimum atomic E-state index is -3.92. The van der Waals surface area contributed by atoms with Crippen LogP contribution in [0.1, 0.15) is 78.6 Å². The van der Waals surface area contributed by atoms with Crippen molar-refractivity contribution in [3.63, 3.8) is 0 Å². The van der Waals surface area contributed by atoms with Gasteiger partial charge in [-0.2, -0.15) is 0 Å². The first-order valence-corrected chi connectivity index (χ1v) is 21.5. The molecule has 1 saturated heterocycles. The maximum absolute atomic E-state index is 14.7. The molecule has 4 aliphatic rings. The third-order valence-corrected chi connectivity index (χ3v) is 13.1. The number of nitrogens with one attached hydrogen (secondary N) is 3. The van der Waals surface area contributed by atoms with Crippen LogP contribution in [0.4, 0.5) is 4.79 Å². The number of para-hydroxylation sites is 1. The number of rotatable bonds is 7. The summed E-state index contributed by atoms with van der Waals surface area (Å²) >= 11 is 0. The van der Waals surface area contributed by atoms with Crippen LogP contribution in [0.25, 0.3) is 33.0 Å². The second kappa shape index (κ2) is 15.1. The highest BCUT2D eigenvalue weighted by molar-refractivity contribution is 7.91. The number of furan rings is 1. The number of carbonyl (C=O) groups excluding carboxylic acids is 4. The Balaban J connectivity index is 1.16. The zero-order valence-corrected chi connectivity index (χ0v) is 33.9. The van der Waals surface area contributed by atoms with E-state index in [4.69, 9.17) is 23.6 Å². The molecule has 0 unspecified atom stereocenters. The molecule has 3 N–H and O–H groups in total. The van der Waals surface area contributed by atoms with Gasteiger partial charge in [-0.1, -0.05) is 37.1 Å². The largest absolute Gasteiger partial charge is 0.497 e. The molecule has 4 heterocycles. The minimum absolute atomic E-state index is 0.0109. The van der Waals surface area contributed by atoms with Crippen molar-refractivity contribution in [1.82, 2.24) is 25.2 Å². The van der Waals surface area contributed by atoms with Crippen LogP contribution in [0.3, 0.4) is 0 Å². The fourth-order valence-electron chi connectivity index (χ4n) is 8.04. The fraction of sp³-hybridized carbons (Fsp3) is 0.500. The molecule has 2 saturated carbocycles. The second-order valence-corrected chi connectivity index (χ2v) is 18.8. The summed E-state index contributed by atoms with van der Waals surface area (Å²) in [6, 6.07) is 10.7. The number of aromatic nitrogens is 1. The number of sulfonamides is 1. The molecule has 15 nitrogen and oxygen atoms in total. The summed E-state index contributed by atoms with van der Waals surface area (Å²) in [6.45, 7) is 5.13. The molecule has 0 spiro atoms. The zero-order valence-electron chi connectivity index (χ0n) is 33.0. The summed E-state index contributed by atoms with van der Waals surface area (Å²) in [6.07, 6.45) is 6.53. The summed E-state index contributed by atoms with van der Waals surface area (Å²) in [7, 11) is -2.35. The van der Waals surface area contributed by atoms with E-state index < -0.39 is 74.3 Å². The predicted molar refractivity (Wildman–Crippen MR) is 215 cm³/mol. The van der Waals surface area contributed by atoms with Gasteiger partial charge in [-0.15, -0.1) is 0 Å². The van der Waals surface area contributed by atoms with Crippen molar-refractivity contribution in [2.24, 2.45) is 5.92 Å². The van der Waals surface area contributed by atoms with Gasteiger partial charge in [0, 0.05) is 29.2 Å². The first kappa shape index (κ1) is 39.4. The number of fused-ring (bicyclic) bond motifs is 6. The summed E-state index contributed by atoms with van der Waals surface area (Å²) < 4.78 is 52.3. The monoisotopic (exact) mass is 815 g/mol. The third kappa shape index (κ3) is 7.90. The predicted octanol–water partition coefficient (Wildman–Crippen LogP) is 5.39. The van der Waals surface area contributed by atoms with Crippen molar-refractivity contribution >= 4 is 66.8 Å². The molecule has 3 fully saturated rings. The lowest BCUT2D eigenvalue weighted by Crippen LogP contribution is -2.58. The number of amides is 4. The number of allylic oxidation sites excluding steroid dienone is 1. The van der Waals surface area contributed by atoms with Crippen molar-refractivity contribution in [2.45, 2.75) is 113 Å². The molecule has 0 bridgehead atoms. The molecule has 2 aromatic heterocycles. The van der Waals surface area contributed by atoms with Crippen molar-refractivity contribution in [2.75, 3.05) is 13.7 Å². The van der Waals surface area contributed by atoms with E-state index in [9.17, 15) is 27.6 Å². The van der Waals surface area contributed by atoms with Crippen molar-refractivity contribution in [1.29, 1.82) is 0 Å². The molecule has 8 rings (SSSR count). The molecule has 4 amide bonds. The molecule has 58 heavy (non-hydrogen) atoms.